The molecule has 2 amide bonds. The number of hydrogen-bond acceptors (Lipinski definition) is 4. The Balaban J connectivity index is 2.45. The van der Waals surface area contributed by atoms with Crippen molar-refractivity contribution >= 4 is 17.6 Å². The van der Waals surface area contributed by atoms with Gasteiger partial charge in [-0.25, -0.2) is 4.90 Å². The Hall–Kier alpha value is -2.16. The van der Waals surface area contributed by atoms with Gasteiger partial charge in [0.1, 0.15) is 11.6 Å². The molecule has 1 aromatic heterocycles. The van der Waals surface area contributed by atoms with Gasteiger partial charge in [0.25, 0.3) is 0 Å². The first-order valence-electron chi connectivity index (χ1n) is 5.90. The zero-order chi connectivity index (χ0) is 13.3. The van der Waals surface area contributed by atoms with Gasteiger partial charge in [-0.15, -0.1) is 0 Å². The molecule has 1 N–H and O–H groups in total. The van der Waals surface area contributed by atoms with Gasteiger partial charge in [0, 0.05) is 6.42 Å². The van der Waals surface area contributed by atoms with Crippen LogP contribution in [0.15, 0.2) is 6.20 Å². The molecule has 0 radical (unpaired) electrons. The molecule has 2 rings (SSSR count). The van der Waals surface area contributed by atoms with Gasteiger partial charge in [0.05, 0.1) is 11.6 Å². The lowest BCUT2D eigenvalue weighted by Crippen LogP contribution is -2.35. The zero-order valence-electron chi connectivity index (χ0n) is 10.4. The summed E-state index contributed by atoms with van der Waals surface area (Å²) in [7, 11) is 0. The van der Waals surface area contributed by atoms with Crippen LogP contribution in [0.2, 0.25) is 0 Å². The van der Waals surface area contributed by atoms with Crippen LogP contribution in [-0.2, 0) is 9.59 Å². The molecule has 1 aliphatic heterocycles. The van der Waals surface area contributed by atoms with Crippen LogP contribution in [0.3, 0.4) is 0 Å². The van der Waals surface area contributed by atoms with Crippen molar-refractivity contribution in [2.75, 3.05) is 4.90 Å². The molecule has 94 valence electrons. The zero-order valence-corrected chi connectivity index (χ0v) is 10.4. The van der Waals surface area contributed by atoms with Gasteiger partial charge >= 0.3 is 0 Å². The highest BCUT2D eigenvalue weighted by Gasteiger charge is 2.50. The fourth-order valence-electron chi connectivity index (χ4n) is 2.35. The van der Waals surface area contributed by atoms with Crippen molar-refractivity contribution < 1.29 is 9.59 Å². The number of carbonyl (C=O) groups is 2. The first kappa shape index (κ1) is 12.3. The van der Waals surface area contributed by atoms with E-state index in [0.717, 1.165) is 4.90 Å². The van der Waals surface area contributed by atoms with Crippen molar-refractivity contribution in [2.45, 2.75) is 33.1 Å². The average molecular weight is 246 g/mol. The average Bonchev–Trinajstić information content (AvgIpc) is 2.92. The highest BCUT2D eigenvalue weighted by Crippen LogP contribution is 2.41. The number of amides is 2. The fraction of sp³-hybridized carbons (Fsp3) is 0.500. The second-order valence-corrected chi connectivity index (χ2v) is 4.44. The summed E-state index contributed by atoms with van der Waals surface area (Å²) in [6.07, 6.45) is 2.73. The number of hydrogen-bond donors (Lipinski definition) is 1. The molecule has 0 aliphatic carbocycles. The minimum Gasteiger partial charge on any atom is -0.274 e. The van der Waals surface area contributed by atoms with Crippen LogP contribution in [0.5, 0.6) is 0 Å². The molecule has 1 aliphatic rings. The van der Waals surface area contributed by atoms with Crippen molar-refractivity contribution in [3.8, 4) is 6.07 Å². The molecule has 0 spiro atoms. The number of anilines is 1. The molecule has 1 saturated heterocycles. The molecular weight excluding hydrogens is 232 g/mol. The van der Waals surface area contributed by atoms with Crippen molar-refractivity contribution in [3.05, 3.63) is 11.8 Å². The quantitative estimate of drug-likeness (QED) is 0.815. The summed E-state index contributed by atoms with van der Waals surface area (Å²) in [5.74, 6) is -0.320. The third-order valence-corrected chi connectivity index (χ3v) is 3.71. The largest absolute Gasteiger partial charge is 0.274 e. The number of imide groups is 1. The third kappa shape index (κ3) is 1.51. The topological polar surface area (TPSA) is 89.8 Å². The molecule has 0 saturated carbocycles. The number of nitrogens with zero attached hydrogens (tertiary/aromatic N) is 3. The van der Waals surface area contributed by atoms with Gasteiger partial charge in [0.2, 0.25) is 11.8 Å². The van der Waals surface area contributed by atoms with Crippen LogP contribution in [-0.4, -0.2) is 22.0 Å². The van der Waals surface area contributed by atoms with E-state index in [1.165, 1.54) is 6.20 Å². The van der Waals surface area contributed by atoms with Crippen molar-refractivity contribution in [3.63, 3.8) is 0 Å². The Kier molecular flexibility index (Phi) is 2.91. The Morgan fingerprint density at radius 3 is 2.67 bits per heavy atom. The van der Waals surface area contributed by atoms with E-state index in [2.05, 4.69) is 10.2 Å². The van der Waals surface area contributed by atoms with Crippen LogP contribution >= 0.6 is 0 Å². The highest BCUT2D eigenvalue weighted by atomic mass is 16.2. The van der Waals surface area contributed by atoms with Gasteiger partial charge in [-0.3, -0.25) is 14.7 Å². The minimum atomic E-state index is -0.630. The Morgan fingerprint density at radius 2 is 2.17 bits per heavy atom. The van der Waals surface area contributed by atoms with Crippen LogP contribution in [0.1, 0.15) is 38.7 Å². The van der Waals surface area contributed by atoms with E-state index in [1.54, 1.807) is 0 Å². The van der Waals surface area contributed by atoms with Crippen LogP contribution in [0.4, 0.5) is 5.82 Å². The number of rotatable bonds is 3. The second kappa shape index (κ2) is 4.26. The molecule has 6 nitrogen and oxygen atoms in total. The summed E-state index contributed by atoms with van der Waals surface area (Å²) in [6, 6.07) is 1.92. The maximum Gasteiger partial charge on any atom is 0.241 e. The predicted octanol–water partition coefficient (Wildman–Crippen LogP) is 1.35. The first-order valence-corrected chi connectivity index (χ1v) is 5.90. The Labute approximate surface area is 105 Å². The molecule has 1 aromatic rings. The number of nitrogens with one attached hydrogen (secondary N) is 1. The highest BCUT2D eigenvalue weighted by molar-refractivity contribution is 6.22. The van der Waals surface area contributed by atoms with Gasteiger partial charge < -0.3 is 0 Å². The molecule has 2 heterocycles. The lowest BCUT2D eigenvalue weighted by molar-refractivity contribution is -0.126. The predicted molar refractivity (Wildman–Crippen MR) is 63.4 cm³/mol. The third-order valence-electron chi connectivity index (χ3n) is 3.71. The van der Waals surface area contributed by atoms with Crippen LogP contribution in [0.25, 0.3) is 0 Å². The molecule has 0 atom stereocenters. The normalized spacial score (nSPS) is 18.2. The van der Waals surface area contributed by atoms with E-state index < -0.39 is 5.41 Å². The van der Waals surface area contributed by atoms with E-state index in [0.29, 0.717) is 12.8 Å². The Morgan fingerprint density at radius 1 is 1.50 bits per heavy atom. The van der Waals surface area contributed by atoms with Crippen molar-refractivity contribution in [1.82, 2.24) is 10.2 Å². The standard InChI is InChI=1S/C12H14N4O2/c1-3-12(4-2)5-9(17)16(11(12)18)10-8(6-13)7-14-15-10/h7H,3-5H2,1-2H3,(H,14,15). The SMILES string of the molecule is CCC1(CC)CC(=O)N(c2[nH]ncc2C#N)C1=O. The van der Waals surface area contributed by atoms with E-state index in [9.17, 15) is 9.59 Å². The lowest BCUT2D eigenvalue weighted by Gasteiger charge is -2.22. The maximum absolute atomic E-state index is 12.4. The van der Waals surface area contributed by atoms with E-state index in [-0.39, 0.29) is 29.6 Å². The minimum absolute atomic E-state index is 0.191. The molecule has 1 fully saturated rings. The number of nitriles is 1. The number of aromatic nitrogens is 2. The summed E-state index contributed by atoms with van der Waals surface area (Å²) in [5, 5.41) is 15.2. The Bertz CT molecular complexity index is 537. The van der Waals surface area contributed by atoms with Gasteiger partial charge in [-0.2, -0.15) is 10.4 Å². The molecule has 0 bridgehead atoms. The molecular formula is C12H14N4O2. The fourth-order valence-corrected chi connectivity index (χ4v) is 2.35. The lowest BCUT2D eigenvalue weighted by atomic mass is 9.81. The summed E-state index contributed by atoms with van der Waals surface area (Å²) in [6.45, 7) is 3.80. The summed E-state index contributed by atoms with van der Waals surface area (Å²) in [5.41, 5.74) is -0.422. The van der Waals surface area contributed by atoms with Gasteiger partial charge in [0.15, 0.2) is 5.82 Å². The van der Waals surface area contributed by atoms with Gasteiger partial charge in [-0.1, -0.05) is 13.8 Å². The monoisotopic (exact) mass is 246 g/mol. The van der Waals surface area contributed by atoms with Crippen LogP contribution < -0.4 is 4.90 Å². The maximum atomic E-state index is 12.4. The van der Waals surface area contributed by atoms with E-state index in [1.807, 2.05) is 19.9 Å². The summed E-state index contributed by atoms with van der Waals surface area (Å²) >= 11 is 0. The molecule has 0 unspecified atom stereocenters. The number of aromatic amines is 1. The number of H-pyrrole nitrogens is 1. The first-order chi connectivity index (χ1) is 8.59. The van der Waals surface area contributed by atoms with Crippen molar-refractivity contribution in [1.29, 1.82) is 5.26 Å². The van der Waals surface area contributed by atoms with Gasteiger partial charge in [-0.05, 0) is 12.8 Å². The van der Waals surface area contributed by atoms with E-state index >= 15 is 0 Å². The smallest absolute Gasteiger partial charge is 0.241 e. The second-order valence-electron chi connectivity index (χ2n) is 4.44. The van der Waals surface area contributed by atoms with E-state index in [4.69, 9.17) is 5.26 Å². The van der Waals surface area contributed by atoms with Crippen LogP contribution in [0, 0.1) is 16.7 Å². The van der Waals surface area contributed by atoms with Crippen molar-refractivity contribution in [2.24, 2.45) is 5.41 Å². The molecule has 18 heavy (non-hydrogen) atoms. The molecule has 6 heteroatoms. The molecule has 0 aromatic carbocycles. The summed E-state index contributed by atoms with van der Waals surface area (Å²) < 4.78 is 0. The number of carbonyl (C=O) groups excluding carboxylic acids is 2. The summed E-state index contributed by atoms with van der Waals surface area (Å²) in [4.78, 5) is 25.5.